The third-order valence-corrected chi connectivity index (χ3v) is 3.98. The molecule has 0 bridgehead atoms. The number of aromatic nitrogens is 1. The molecule has 0 fully saturated rings. The Morgan fingerprint density at radius 1 is 1.37 bits per heavy atom. The highest BCUT2D eigenvalue weighted by Gasteiger charge is 2.11. The first-order valence-electron chi connectivity index (χ1n) is 5.54. The fourth-order valence-corrected chi connectivity index (χ4v) is 2.78. The minimum absolute atomic E-state index is 0.202. The summed E-state index contributed by atoms with van der Waals surface area (Å²) in [5.41, 5.74) is 1.19. The average molecular weight is 341 g/mol. The first-order chi connectivity index (χ1) is 8.97. The SMILES string of the molecule is Cn1cc(Br)cc1C(=O)Nc1cccc([S@@](C)=O)c1. The van der Waals surface area contributed by atoms with Crippen LogP contribution in [0.15, 0.2) is 45.9 Å². The van der Waals surface area contributed by atoms with Crippen LogP contribution in [0.1, 0.15) is 10.5 Å². The number of hydrogen-bond acceptors (Lipinski definition) is 2. The van der Waals surface area contributed by atoms with Crippen molar-refractivity contribution in [1.82, 2.24) is 4.57 Å². The highest BCUT2D eigenvalue weighted by Crippen LogP contribution is 2.17. The number of nitrogens with one attached hydrogen (secondary N) is 1. The van der Waals surface area contributed by atoms with Gasteiger partial charge in [-0.05, 0) is 40.2 Å². The fraction of sp³-hybridized carbons (Fsp3) is 0.154. The number of rotatable bonds is 3. The zero-order valence-corrected chi connectivity index (χ0v) is 12.9. The monoisotopic (exact) mass is 340 g/mol. The Morgan fingerprint density at radius 3 is 2.68 bits per heavy atom. The number of nitrogens with zero attached hydrogens (tertiary/aromatic N) is 1. The van der Waals surface area contributed by atoms with E-state index in [0.717, 1.165) is 4.47 Å². The predicted octanol–water partition coefficient (Wildman–Crippen LogP) is 2.78. The first kappa shape index (κ1) is 14.0. The van der Waals surface area contributed by atoms with Crippen LogP contribution in [0.4, 0.5) is 5.69 Å². The van der Waals surface area contributed by atoms with Gasteiger partial charge in [0.25, 0.3) is 5.91 Å². The molecule has 0 spiro atoms. The van der Waals surface area contributed by atoms with Crippen LogP contribution in [-0.2, 0) is 17.8 Å². The number of halogens is 1. The summed E-state index contributed by atoms with van der Waals surface area (Å²) >= 11 is 3.33. The Morgan fingerprint density at radius 2 is 2.11 bits per heavy atom. The van der Waals surface area contributed by atoms with Gasteiger partial charge in [0.1, 0.15) is 5.69 Å². The van der Waals surface area contributed by atoms with E-state index in [0.29, 0.717) is 16.3 Å². The van der Waals surface area contributed by atoms with Gasteiger partial charge in [-0.1, -0.05) is 6.07 Å². The maximum absolute atomic E-state index is 12.1. The molecule has 1 N–H and O–H groups in total. The van der Waals surface area contributed by atoms with Crippen LogP contribution in [0.3, 0.4) is 0 Å². The van der Waals surface area contributed by atoms with Gasteiger partial charge in [-0.3, -0.25) is 9.00 Å². The van der Waals surface area contributed by atoms with Gasteiger partial charge in [0.15, 0.2) is 0 Å². The zero-order valence-electron chi connectivity index (χ0n) is 10.5. The van der Waals surface area contributed by atoms with Gasteiger partial charge in [0, 0.05) is 45.4 Å². The van der Waals surface area contributed by atoms with Gasteiger partial charge in [-0.25, -0.2) is 0 Å². The summed E-state index contributed by atoms with van der Waals surface area (Å²) in [4.78, 5) is 12.8. The van der Waals surface area contributed by atoms with E-state index in [-0.39, 0.29) is 5.91 Å². The molecule has 1 aromatic carbocycles. The summed E-state index contributed by atoms with van der Waals surface area (Å²) in [7, 11) is 0.740. The van der Waals surface area contributed by atoms with Crippen molar-refractivity contribution in [1.29, 1.82) is 0 Å². The lowest BCUT2D eigenvalue weighted by Gasteiger charge is -2.07. The fourth-order valence-electron chi connectivity index (χ4n) is 1.70. The Labute approximate surface area is 122 Å². The van der Waals surface area contributed by atoms with E-state index < -0.39 is 10.8 Å². The first-order valence-corrected chi connectivity index (χ1v) is 7.89. The van der Waals surface area contributed by atoms with Crippen LogP contribution in [0.25, 0.3) is 0 Å². The molecule has 1 heterocycles. The van der Waals surface area contributed by atoms with E-state index in [1.165, 1.54) is 0 Å². The molecule has 2 aromatic rings. The molecule has 1 atom stereocenters. The van der Waals surface area contributed by atoms with Gasteiger partial charge in [-0.15, -0.1) is 0 Å². The summed E-state index contributed by atoms with van der Waals surface area (Å²) < 4.78 is 14.0. The Hall–Kier alpha value is -1.40. The minimum Gasteiger partial charge on any atom is -0.345 e. The van der Waals surface area contributed by atoms with Gasteiger partial charge < -0.3 is 9.88 Å². The lowest BCUT2D eigenvalue weighted by atomic mass is 10.3. The number of anilines is 1. The van der Waals surface area contributed by atoms with Gasteiger partial charge in [0.05, 0.1) is 0 Å². The average Bonchev–Trinajstić information content (AvgIpc) is 2.69. The lowest BCUT2D eigenvalue weighted by Crippen LogP contribution is -2.15. The second-order valence-corrected chi connectivity index (χ2v) is 6.39. The Kier molecular flexibility index (Phi) is 4.21. The van der Waals surface area contributed by atoms with Crippen molar-refractivity contribution in [3.05, 3.63) is 46.7 Å². The number of amides is 1. The molecule has 0 saturated heterocycles. The molecule has 2 rings (SSSR count). The molecule has 4 nitrogen and oxygen atoms in total. The number of aryl methyl sites for hydroxylation is 1. The van der Waals surface area contributed by atoms with Crippen LogP contribution in [0.2, 0.25) is 0 Å². The van der Waals surface area contributed by atoms with Crippen LogP contribution >= 0.6 is 15.9 Å². The van der Waals surface area contributed by atoms with Crippen molar-refractivity contribution < 1.29 is 9.00 Å². The van der Waals surface area contributed by atoms with Gasteiger partial charge in [0.2, 0.25) is 0 Å². The molecule has 0 aliphatic carbocycles. The quantitative estimate of drug-likeness (QED) is 0.933. The molecular weight excluding hydrogens is 328 g/mol. The van der Waals surface area contributed by atoms with Crippen molar-refractivity contribution in [2.75, 3.05) is 11.6 Å². The van der Waals surface area contributed by atoms with Gasteiger partial charge in [-0.2, -0.15) is 0 Å². The normalized spacial score (nSPS) is 12.2. The minimum atomic E-state index is -1.06. The van der Waals surface area contributed by atoms with Crippen molar-refractivity contribution in [3.63, 3.8) is 0 Å². The van der Waals surface area contributed by atoms with Crippen LogP contribution < -0.4 is 5.32 Å². The molecule has 1 aromatic heterocycles. The van der Waals surface area contributed by atoms with Crippen molar-refractivity contribution >= 4 is 38.3 Å². The van der Waals surface area contributed by atoms with E-state index in [9.17, 15) is 9.00 Å². The second kappa shape index (κ2) is 5.71. The van der Waals surface area contributed by atoms with Crippen molar-refractivity contribution in [2.24, 2.45) is 7.05 Å². The van der Waals surface area contributed by atoms with Crippen LogP contribution in [0, 0.1) is 0 Å². The summed E-state index contributed by atoms with van der Waals surface area (Å²) in [6.07, 6.45) is 3.42. The molecule has 0 saturated carbocycles. The number of carbonyl (C=O) groups excluding carboxylic acids is 1. The summed E-state index contributed by atoms with van der Waals surface area (Å²) in [5, 5.41) is 2.79. The molecule has 0 aliphatic rings. The third kappa shape index (κ3) is 3.33. The molecule has 6 heteroatoms. The summed E-state index contributed by atoms with van der Waals surface area (Å²) in [6, 6.07) is 8.77. The van der Waals surface area contributed by atoms with Crippen molar-refractivity contribution in [3.8, 4) is 0 Å². The standard InChI is InChI=1S/C13H13BrN2O2S/c1-16-8-9(14)6-12(16)13(17)15-10-4-3-5-11(7-10)19(2)18/h3-8H,1-2H3,(H,15,17)/t19-/m1/s1. The second-order valence-electron chi connectivity index (χ2n) is 4.09. The van der Waals surface area contributed by atoms with Gasteiger partial charge >= 0.3 is 0 Å². The predicted molar refractivity (Wildman–Crippen MR) is 79.8 cm³/mol. The van der Waals surface area contributed by atoms with E-state index >= 15 is 0 Å². The number of benzene rings is 1. The molecule has 1 amide bonds. The smallest absolute Gasteiger partial charge is 0.272 e. The van der Waals surface area contributed by atoms with Crippen molar-refractivity contribution in [2.45, 2.75) is 4.90 Å². The van der Waals surface area contributed by atoms with Crippen LogP contribution in [-0.4, -0.2) is 20.9 Å². The van der Waals surface area contributed by atoms with E-state index in [1.807, 2.05) is 6.20 Å². The topological polar surface area (TPSA) is 51.1 Å². The molecule has 19 heavy (non-hydrogen) atoms. The third-order valence-electron chi connectivity index (χ3n) is 2.63. The summed E-state index contributed by atoms with van der Waals surface area (Å²) in [6.45, 7) is 0. The molecule has 0 radical (unpaired) electrons. The Balaban J connectivity index is 2.21. The summed E-state index contributed by atoms with van der Waals surface area (Å²) in [5.74, 6) is -0.202. The van der Waals surface area contributed by atoms with E-state index in [2.05, 4.69) is 21.2 Å². The van der Waals surface area contributed by atoms with E-state index in [1.54, 1.807) is 48.2 Å². The lowest BCUT2D eigenvalue weighted by molar-refractivity contribution is 0.101. The molecule has 0 aliphatic heterocycles. The Bertz CT molecular complexity index is 652. The molecule has 100 valence electrons. The molecule has 0 unspecified atom stereocenters. The largest absolute Gasteiger partial charge is 0.345 e. The molecular formula is C13H13BrN2O2S. The highest BCUT2D eigenvalue weighted by molar-refractivity contribution is 9.10. The highest BCUT2D eigenvalue weighted by atomic mass is 79.9. The van der Waals surface area contributed by atoms with E-state index in [4.69, 9.17) is 0 Å². The maximum atomic E-state index is 12.1. The van der Waals surface area contributed by atoms with Crippen LogP contribution in [0.5, 0.6) is 0 Å². The zero-order chi connectivity index (χ0) is 14.0. The number of carbonyl (C=O) groups is 1. The number of hydrogen-bond donors (Lipinski definition) is 1. The maximum Gasteiger partial charge on any atom is 0.272 e.